The fraction of sp³-hybridized carbons (Fsp3) is 0.700. The summed E-state index contributed by atoms with van der Waals surface area (Å²) in [7, 11) is 3.40. The number of aromatic nitrogens is 3. The standard InChI is InChI=1S/C10H19N5O2/c1-7(9-14-12-6-15(9)2)13-10(16)8(11)4-5-17-3/h6-8H,4-5,11H2,1-3H3,(H,13,16). The average Bonchev–Trinajstić information content (AvgIpc) is 2.72. The van der Waals surface area contributed by atoms with Crippen molar-refractivity contribution in [1.29, 1.82) is 0 Å². The summed E-state index contributed by atoms with van der Waals surface area (Å²) < 4.78 is 6.63. The van der Waals surface area contributed by atoms with E-state index in [-0.39, 0.29) is 11.9 Å². The largest absolute Gasteiger partial charge is 0.385 e. The molecule has 1 rings (SSSR count). The molecule has 0 aliphatic rings. The van der Waals surface area contributed by atoms with E-state index in [0.717, 1.165) is 0 Å². The molecule has 0 aromatic carbocycles. The summed E-state index contributed by atoms with van der Waals surface area (Å²) >= 11 is 0. The van der Waals surface area contributed by atoms with E-state index in [0.29, 0.717) is 18.9 Å². The number of carbonyl (C=O) groups excluding carboxylic acids is 1. The van der Waals surface area contributed by atoms with E-state index in [1.54, 1.807) is 18.0 Å². The van der Waals surface area contributed by atoms with Gasteiger partial charge in [-0.2, -0.15) is 0 Å². The quantitative estimate of drug-likeness (QED) is 0.690. The number of nitrogens with two attached hydrogens (primary N) is 1. The maximum absolute atomic E-state index is 11.7. The maximum atomic E-state index is 11.7. The third-order valence-corrected chi connectivity index (χ3v) is 2.46. The van der Waals surface area contributed by atoms with Crippen molar-refractivity contribution in [1.82, 2.24) is 20.1 Å². The van der Waals surface area contributed by atoms with Gasteiger partial charge in [-0.25, -0.2) is 0 Å². The highest BCUT2D eigenvalue weighted by atomic mass is 16.5. The van der Waals surface area contributed by atoms with E-state index in [4.69, 9.17) is 10.5 Å². The third kappa shape index (κ3) is 3.79. The van der Waals surface area contributed by atoms with Crippen molar-refractivity contribution in [2.24, 2.45) is 12.8 Å². The molecule has 0 aliphatic carbocycles. The van der Waals surface area contributed by atoms with Crippen molar-refractivity contribution in [2.75, 3.05) is 13.7 Å². The van der Waals surface area contributed by atoms with Crippen LogP contribution in [0.1, 0.15) is 25.2 Å². The summed E-state index contributed by atoms with van der Waals surface area (Å²) in [5, 5.41) is 10.5. The van der Waals surface area contributed by atoms with Crippen molar-refractivity contribution in [2.45, 2.75) is 25.4 Å². The second-order valence-electron chi connectivity index (χ2n) is 3.92. The van der Waals surface area contributed by atoms with E-state index in [1.807, 2.05) is 14.0 Å². The Morgan fingerprint density at radius 2 is 2.41 bits per heavy atom. The lowest BCUT2D eigenvalue weighted by Crippen LogP contribution is -2.42. The molecule has 1 aromatic rings. The summed E-state index contributed by atoms with van der Waals surface area (Å²) in [6.07, 6.45) is 2.08. The highest BCUT2D eigenvalue weighted by molar-refractivity contribution is 5.81. The molecule has 2 atom stereocenters. The van der Waals surface area contributed by atoms with Gasteiger partial charge in [0.25, 0.3) is 0 Å². The SMILES string of the molecule is COCCC(N)C(=O)NC(C)c1nncn1C. The van der Waals surface area contributed by atoms with Crippen molar-refractivity contribution in [3.63, 3.8) is 0 Å². The summed E-state index contributed by atoms with van der Waals surface area (Å²) in [6, 6.07) is -0.783. The van der Waals surface area contributed by atoms with Gasteiger partial charge in [0.1, 0.15) is 6.33 Å². The Labute approximate surface area is 100 Å². The summed E-state index contributed by atoms with van der Waals surface area (Å²) in [4.78, 5) is 11.7. The van der Waals surface area contributed by atoms with Crippen LogP contribution in [0.25, 0.3) is 0 Å². The summed E-state index contributed by atoms with van der Waals surface area (Å²) in [5.74, 6) is 0.481. The first-order valence-corrected chi connectivity index (χ1v) is 5.45. The Bertz CT molecular complexity index is 365. The van der Waals surface area contributed by atoms with Gasteiger partial charge in [-0.05, 0) is 13.3 Å². The molecule has 7 nitrogen and oxygen atoms in total. The van der Waals surface area contributed by atoms with Crippen molar-refractivity contribution in [3.05, 3.63) is 12.2 Å². The van der Waals surface area contributed by atoms with Gasteiger partial charge in [-0.3, -0.25) is 4.79 Å². The molecule has 1 amide bonds. The van der Waals surface area contributed by atoms with Crippen LogP contribution in [0.5, 0.6) is 0 Å². The lowest BCUT2D eigenvalue weighted by atomic mass is 10.2. The van der Waals surface area contributed by atoms with Crippen LogP contribution in [0.15, 0.2) is 6.33 Å². The minimum Gasteiger partial charge on any atom is -0.385 e. The fourth-order valence-electron chi connectivity index (χ4n) is 1.45. The Kier molecular flexibility index (Phi) is 5.05. The highest BCUT2D eigenvalue weighted by Crippen LogP contribution is 2.07. The first-order valence-electron chi connectivity index (χ1n) is 5.45. The van der Waals surface area contributed by atoms with Gasteiger partial charge in [0.2, 0.25) is 5.91 Å². The van der Waals surface area contributed by atoms with Crippen molar-refractivity contribution >= 4 is 5.91 Å². The Balaban J connectivity index is 2.48. The molecule has 0 radical (unpaired) electrons. The Hall–Kier alpha value is -1.47. The number of hydrogen-bond donors (Lipinski definition) is 2. The van der Waals surface area contributed by atoms with Gasteiger partial charge in [-0.15, -0.1) is 10.2 Å². The smallest absolute Gasteiger partial charge is 0.237 e. The number of aryl methyl sites for hydroxylation is 1. The number of carbonyl (C=O) groups is 1. The van der Waals surface area contributed by atoms with E-state index < -0.39 is 6.04 Å². The first-order chi connectivity index (χ1) is 8.06. The lowest BCUT2D eigenvalue weighted by Gasteiger charge is -2.16. The molecule has 17 heavy (non-hydrogen) atoms. The normalized spacial score (nSPS) is 14.4. The number of hydrogen-bond acceptors (Lipinski definition) is 5. The molecule has 7 heteroatoms. The minimum atomic E-state index is -0.564. The Morgan fingerprint density at radius 3 is 2.94 bits per heavy atom. The zero-order valence-electron chi connectivity index (χ0n) is 10.4. The van der Waals surface area contributed by atoms with Crippen LogP contribution < -0.4 is 11.1 Å². The minimum absolute atomic E-state index is 0.211. The number of nitrogens with one attached hydrogen (secondary N) is 1. The predicted molar refractivity (Wildman–Crippen MR) is 62.0 cm³/mol. The molecule has 96 valence electrons. The molecular weight excluding hydrogens is 222 g/mol. The number of rotatable bonds is 6. The van der Waals surface area contributed by atoms with Gasteiger partial charge in [-0.1, -0.05) is 0 Å². The van der Waals surface area contributed by atoms with Crippen molar-refractivity contribution in [3.8, 4) is 0 Å². The molecule has 3 N–H and O–H groups in total. The number of methoxy groups -OCH3 is 1. The molecule has 0 spiro atoms. The van der Waals surface area contributed by atoms with Crippen LogP contribution in [0.4, 0.5) is 0 Å². The van der Waals surface area contributed by atoms with E-state index in [9.17, 15) is 4.79 Å². The molecule has 0 fully saturated rings. The van der Waals surface area contributed by atoms with Gasteiger partial charge in [0, 0.05) is 20.8 Å². The Morgan fingerprint density at radius 1 is 1.71 bits per heavy atom. The van der Waals surface area contributed by atoms with Crippen LogP contribution in [0, 0.1) is 0 Å². The monoisotopic (exact) mass is 241 g/mol. The van der Waals surface area contributed by atoms with Crippen LogP contribution in [-0.4, -0.2) is 40.4 Å². The highest BCUT2D eigenvalue weighted by Gasteiger charge is 2.18. The molecule has 1 aromatic heterocycles. The van der Waals surface area contributed by atoms with Gasteiger partial charge in [0.15, 0.2) is 5.82 Å². The van der Waals surface area contributed by atoms with Crippen LogP contribution in [-0.2, 0) is 16.6 Å². The van der Waals surface area contributed by atoms with E-state index in [2.05, 4.69) is 15.5 Å². The number of amides is 1. The molecule has 0 saturated carbocycles. The zero-order chi connectivity index (χ0) is 12.8. The number of nitrogens with zero attached hydrogens (tertiary/aromatic N) is 3. The molecule has 0 bridgehead atoms. The zero-order valence-corrected chi connectivity index (χ0v) is 10.4. The predicted octanol–water partition coefficient (Wildman–Crippen LogP) is -0.644. The second kappa shape index (κ2) is 6.31. The van der Waals surface area contributed by atoms with Gasteiger partial charge >= 0.3 is 0 Å². The third-order valence-electron chi connectivity index (χ3n) is 2.46. The summed E-state index contributed by atoms with van der Waals surface area (Å²) in [6.45, 7) is 2.30. The van der Waals surface area contributed by atoms with E-state index in [1.165, 1.54) is 0 Å². The summed E-state index contributed by atoms with van der Waals surface area (Å²) in [5.41, 5.74) is 5.71. The van der Waals surface area contributed by atoms with Crippen LogP contribution in [0.3, 0.4) is 0 Å². The van der Waals surface area contributed by atoms with Crippen LogP contribution in [0.2, 0.25) is 0 Å². The molecule has 1 heterocycles. The van der Waals surface area contributed by atoms with Crippen molar-refractivity contribution < 1.29 is 9.53 Å². The molecule has 2 unspecified atom stereocenters. The topological polar surface area (TPSA) is 95.1 Å². The van der Waals surface area contributed by atoms with Gasteiger partial charge in [0.05, 0.1) is 12.1 Å². The fourth-order valence-corrected chi connectivity index (χ4v) is 1.45. The van der Waals surface area contributed by atoms with Gasteiger partial charge < -0.3 is 20.4 Å². The average molecular weight is 241 g/mol. The van der Waals surface area contributed by atoms with E-state index >= 15 is 0 Å². The molecule has 0 aliphatic heterocycles. The molecular formula is C10H19N5O2. The second-order valence-corrected chi connectivity index (χ2v) is 3.92. The lowest BCUT2D eigenvalue weighted by molar-refractivity contribution is -0.123. The number of ether oxygens (including phenoxy) is 1. The first kappa shape index (κ1) is 13.6. The maximum Gasteiger partial charge on any atom is 0.237 e. The molecule has 0 saturated heterocycles. The van der Waals surface area contributed by atoms with Crippen LogP contribution >= 0.6 is 0 Å².